The van der Waals surface area contributed by atoms with Crippen molar-refractivity contribution >= 4 is 0 Å². The molecular weight excluding hydrogens is 364 g/mol. The molecule has 1 nitrogen and oxygen atoms in total. The first-order chi connectivity index (χ1) is 14.2. The van der Waals surface area contributed by atoms with Crippen LogP contribution in [0.2, 0.25) is 0 Å². The number of methoxy groups -OCH3 is 1. The second-order valence-electron chi connectivity index (χ2n) is 13.3. The molecule has 0 aromatic rings. The lowest BCUT2D eigenvalue weighted by Gasteiger charge is -2.61. The van der Waals surface area contributed by atoms with Crippen LogP contribution >= 0.6 is 0 Å². The molecule has 170 valence electrons. The number of hydrogen-bond donors (Lipinski definition) is 0. The third-order valence-electron chi connectivity index (χ3n) is 12.3. The van der Waals surface area contributed by atoms with E-state index >= 15 is 0 Å². The maximum Gasteiger partial charge on any atom is 0.0638 e. The summed E-state index contributed by atoms with van der Waals surface area (Å²) in [6.07, 6.45) is 17.4. The molecule has 5 aliphatic carbocycles. The number of ether oxygens (including phenoxy) is 1. The molecule has 0 saturated heterocycles. The molecule has 5 fully saturated rings. The summed E-state index contributed by atoms with van der Waals surface area (Å²) in [5.74, 6) is 6.85. The predicted molar refractivity (Wildman–Crippen MR) is 126 cm³/mol. The van der Waals surface area contributed by atoms with Crippen LogP contribution in [0.25, 0.3) is 0 Å². The Morgan fingerprint density at radius 2 is 1.67 bits per heavy atom. The van der Waals surface area contributed by atoms with E-state index in [2.05, 4.69) is 53.7 Å². The first-order valence-corrected chi connectivity index (χ1v) is 13.4. The number of rotatable bonds is 5. The Hall–Kier alpha value is -0.300. The number of fused-ring (bicyclic) bond motifs is 4. The second kappa shape index (κ2) is 7.10. The quantitative estimate of drug-likeness (QED) is 0.419. The Labute approximate surface area is 186 Å². The van der Waals surface area contributed by atoms with Crippen LogP contribution in [-0.4, -0.2) is 13.2 Å². The predicted octanol–water partition coefficient (Wildman–Crippen LogP) is 7.75. The summed E-state index contributed by atoms with van der Waals surface area (Å²) < 4.78 is 6.30. The molecule has 0 heterocycles. The summed E-state index contributed by atoms with van der Waals surface area (Å²) in [4.78, 5) is 0. The van der Waals surface area contributed by atoms with Crippen LogP contribution in [-0.2, 0) is 4.74 Å². The van der Waals surface area contributed by atoms with E-state index in [-0.39, 0.29) is 0 Å². The average molecular weight is 413 g/mol. The Morgan fingerprint density at radius 3 is 2.33 bits per heavy atom. The van der Waals surface area contributed by atoms with Crippen LogP contribution in [0, 0.1) is 63.6 Å². The van der Waals surface area contributed by atoms with Gasteiger partial charge in [-0.25, -0.2) is 0 Å². The van der Waals surface area contributed by atoms with Crippen LogP contribution in [0.3, 0.4) is 0 Å². The molecule has 0 aromatic carbocycles. The Morgan fingerprint density at radius 1 is 0.900 bits per heavy atom. The van der Waals surface area contributed by atoms with E-state index in [1.807, 2.05) is 7.11 Å². The minimum absolute atomic E-state index is 0.543. The third kappa shape index (κ3) is 2.69. The summed E-state index contributed by atoms with van der Waals surface area (Å²) in [5.41, 5.74) is 1.68. The molecule has 30 heavy (non-hydrogen) atoms. The highest BCUT2D eigenvalue weighted by Gasteiger charge is 2.77. The zero-order valence-corrected chi connectivity index (χ0v) is 20.9. The van der Waals surface area contributed by atoms with E-state index in [9.17, 15) is 0 Å². The summed E-state index contributed by atoms with van der Waals surface area (Å²) in [7, 11) is 2.02. The highest BCUT2D eigenvalue weighted by Crippen LogP contribution is 2.82. The molecule has 0 aliphatic heterocycles. The fourth-order valence-corrected chi connectivity index (χ4v) is 10.2. The Kier molecular flexibility index (Phi) is 5.10. The molecule has 0 radical (unpaired) electrons. The van der Waals surface area contributed by atoms with Crippen LogP contribution in [0.15, 0.2) is 12.2 Å². The lowest BCUT2D eigenvalue weighted by molar-refractivity contribution is -0.160. The molecule has 0 N–H and O–H groups in total. The fraction of sp³-hybridized carbons (Fsp3) is 0.931. The largest absolute Gasteiger partial charge is 0.381 e. The second-order valence-corrected chi connectivity index (χ2v) is 13.3. The molecule has 0 aromatic heterocycles. The highest BCUT2D eigenvalue weighted by atomic mass is 16.5. The topological polar surface area (TPSA) is 9.23 Å². The molecule has 5 aliphatic rings. The van der Waals surface area contributed by atoms with E-state index in [0.717, 1.165) is 41.4 Å². The first-order valence-electron chi connectivity index (χ1n) is 13.4. The maximum absolute atomic E-state index is 6.30. The normalized spacial score (nSPS) is 53.9. The molecule has 11 atom stereocenters. The van der Waals surface area contributed by atoms with Crippen molar-refractivity contribution in [1.29, 1.82) is 0 Å². The van der Waals surface area contributed by atoms with Crippen molar-refractivity contribution < 1.29 is 4.74 Å². The average Bonchev–Trinajstić information content (AvgIpc) is 3.22. The van der Waals surface area contributed by atoms with Crippen molar-refractivity contribution in [2.24, 2.45) is 63.6 Å². The summed E-state index contributed by atoms with van der Waals surface area (Å²) >= 11 is 0. The van der Waals surface area contributed by atoms with Crippen molar-refractivity contribution in [2.75, 3.05) is 7.11 Å². The van der Waals surface area contributed by atoms with Crippen molar-refractivity contribution in [3.05, 3.63) is 12.2 Å². The van der Waals surface area contributed by atoms with Crippen LogP contribution in [0.4, 0.5) is 0 Å². The van der Waals surface area contributed by atoms with Gasteiger partial charge in [0.05, 0.1) is 6.10 Å². The van der Waals surface area contributed by atoms with Crippen LogP contribution in [0.1, 0.15) is 92.9 Å². The molecular formula is C29H48O. The van der Waals surface area contributed by atoms with Gasteiger partial charge < -0.3 is 4.74 Å². The minimum Gasteiger partial charge on any atom is -0.381 e. The lowest BCUT2D eigenvalue weighted by atomic mass is 9.45. The van der Waals surface area contributed by atoms with Gasteiger partial charge in [-0.15, -0.1) is 0 Å². The van der Waals surface area contributed by atoms with Crippen LogP contribution in [0.5, 0.6) is 0 Å². The van der Waals surface area contributed by atoms with Crippen molar-refractivity contribution in [3.8, 4) is 0 Å². The SMILES string of the molecule is CO[C@@H]1C[C@H]2[C@@H]3CC[C@H]([C@H](C)/C=C/[C@@H](C)C(C)C)[C@@]3(C)CC[C@@H]2[C@@]2(C)CC[C@@H]3C[C@]312. The highest BCUT2D eigenvalue weighted by molar-refractivity contribution is 5.26. The molecule has 0 unspecified atom stereocenters. The number of hydrogen-bond acceptors (Lipinski definition) is 1. The first kappa shape index (κ1) is 21.5. The maximum atomic E-state index is 6.30. The minimum atomic E-state index is 0.543. The molecule has 1 heteroatoms. The molecule has 0 amide bonds. The Bertz CT molecular complexity index is 694. The van der Waals surface area contributed by atoms with Gasteiger partial charge in [-0.3, -0.25) is 0 Å². The molecule has 0 bridgehead atoms. The van der Waals surface area contributed by atoms with E-state index < -0.39 is 0 Å². The summed E-state index contributed by atoms with van der Waals surface area (Å²) in [6, 6.07) is 0. The van der Waals surface area contributed by atoms with Gasteiger partial charge in [0.15, 0.2) is 0 Å². The number of allylic oxidation sites excluding steroid dienone is 2. The monoisotopic (exact) mass is 412 g/mol. The van der Waals surface area contributed by atoms with E-state index in [4.69, 9.17) is 4.74 Å². The van der Waals surface area contributed by atoms with E-state index in [1.165, 1.54) is 51.4 Å². The zero-order valence-electron chi connectivity index (χ0n) is 20.9. The summed E-state index contributed by atoms with van der Waals surface area (Å²) in [5, 5.41) is 0. The van der Waals surface area contributed by atoms with Gasteiger partial charge in [-0.1, -0.05) is 53.7 Å². The lowest BCUT2D eigenvalue weighted by Crippen LogP contribution is -2.57. The smallest absolute Gasteiger partial charge is 0.0638 e. The van der Waals surface area contributed by atoms with Crippen molar-refractivity contribution in [1.82, 2.24) is 0 Å². The van der Waals surface area contributed by atoms with Gasteiger partial charge >= 0.3 is 0 Å². The van der Waals surface area contributed by atoms with Gasteiger partial charge in [-0.2, -0.15) is 0 Å². The van der Waals surface area contributed by atoms with Crippen LogP contribution < -0.4 is 0 Å². The van der Waals surface area contributed by atoms with E-state index in [1.54, 1.807) is 0 Å². The van der Waals surface area contributed by atoms with Gasteiger partial charge in [-0.05, 0) is 110 Å². The standard InChI is InChI=1S/C29H48O/c1-18(2)19(3)8-9-20(4)23-10-11-24-22-16-26(30-7)29-17-21(29)12-15-28(29,6)25(22)13-14-27(23,24)5/h8-9,18-26H,10-17H2,1-7H3/b9-8+/t19-,20-,21-,22+,23-,24+,25+,26-,27-,28-,29+/m1/s1. The van der Waals surface area contributed by atoms with Gasteiger partial charge in [0.2, 0.25) is 0 Å². The molecule has 1 spiro atoms. The molecule has 5 saturated carbocycles. The van der Waals surface area contributed by atoms with Gasteiger partial charge in [0.25, 0.3) is 0 Å². The van der Waals surface area contributed by atoms with Crippen molar-refractivity contribution in [3.63, 3.8) is 0 Å². The summed E-state index contributed by atoms with van der Waals surface area (Å²) in [6.45, 7) is 15.0. The van der Waals surface area contributed by atoms with Gasteiger partial charge in [0.1, 0.15) is 0 Å². The zero-order chi connectivity index (χ0) is 21.5. The Balaban J connectivity index is 1.38. The fourth-order valence-electron chi connectivity index (χ4n) is 10.2. The van der Waals surface area contributed by atoms with Gasteiger partial charge in [0, 0.05) is 12.5 Å². The van der Waals surface area contributed by atoms with Crippen molar-refractivity contribution in [2.45, 2.75) is 99.0 Å². The third-order valence-corrected chi connectivity index (χ3v) is 12.3. The molecule has 5 rings (SSSR count). The van der Waals surface area contributed by atoms with E-state index in [0.29, 0.717) is 28.3 Å².